The maximum Gasteiger partial charge on any atom is 0.300 e. The van der Waals surface area contributed by atoms with Crippen LogP contribution >= 0.6 is 15.9 Å². The molecule has 0 aromatic carbocycles. The van der Waals surface area contributed by atoms with Crippen LogP contribution in [0.3, 0.4) is 0 Å². The van der Waals surface area contributed by atoms with Gasteiger partial charge in [-0.15, -0.1) is 0 Å². The number of halogens is 3. The zero-order valence-corrected chi connectivity index (χ0v) is 10.9. The molecule has 1 saturated heterocycles. The van der Waals surface area contributed by atoms with E-state index in [-0.39, 0.29) is 17.5 Å². The highest BCUT2D eigenvalue weighted by Gasteiger charge is 2.40. The highest BCUT2D eigenvalue weighted by Crippen LogP contribution is 2.35. The van der Waals surface area contributed by atoms with Crippen molar-refractivity contribution in [3.8, 4) is 5.88 Å². The summed E-state index contributed by atoms with van der Waals surface area (Å²) >= 11 is 3.20. The lowest BCUT2D eigenvalue weighted by atomic mass is 10.2. The van der Waals surface area contributed by atoms with E-state index in [1.807, 2.05) is 0 Å². The molecule has 0 atom stereocenters. The van der Waals surface area contributed by atoms with Crippen molar-refractivity contribution in [2.24, 2.45) is 0 Å². The van der Waals surface area contributed by atoms with E-state index in [9.17, 15) is 13.6 Å². The summed E-state index contributed by atoms with van der Waals surface area (Å²) in [5.74, 6) is -3.00. The average molecular weight is 322 g/mol. The highest BCUT2D eigenvalue weighted by molar-refractivity contribution is 9.10. The van der Waals surface area contributed by atoms with Crippen LogP contribution in [-0.4, -0.2) is 46.2 Å². The maximum atomic E-state index is 13.2. The fraction of sp³-hybridized carbons (Fsp3) is 0.600. The van der Waals surface area contributed by atoms with Gasteiger partial charge in [-0.3, -0.25) is 4.79 Å². The monoisotopic (exact) mass is 321 g/mol. The van der Waals surface area contributed by atoms with Gasteiger partial charge in [-0.2, -0.15) is 5.10 Å². The van der Waals surface area contributed by atoms with Gasteiger partial charge in [0.05, 0.1) is 0 Å². The smallest absolute Gasteiger partial charge is 0.300 e. The Morgan fingerprint density at radius 1 is 1.44 bits per heavy atom. The van der Waals surface area contributed by atoms with E-state index in [1.54, 1.807) is 4.90 Å². The van der Waals surface area contributed by atoms with Crippen molar-refractivity contribution in [2.75, 3.05) is 19.7 Å². The minimum atomic E-state index is -2.95. The summed E-state index contributed by atoms with van der Waals surface area (Å²) in [5, 5.41) is 3.92. The Bertz CT molecular complexity index is 513. The van der Waals surface area contributed by atoms with Gasteiger partial charge >= 0.3 is 5.92 Å². The molecule has 0 saturated carbocycles. The van der Waals surface area contributed by atoms with Crippen molar-refractivity contribution in [3.05, 3.63) is 10.2 Å². The number of alkyl halides is 2. The van der Waals surface area contributed by atoms with Crippen molar-refractivity contribution in [1.82, 2.24) is 14.7 Å². The molecule has 3 rings (SSSR count). The Kier molecular flexibility index (Phi) is 2.58. The van der Waals surface area contributed by atoms with Crippen molar-refractivity contribution < 1.29 is 18.3 Å². The number of amides is 1. The SMILES string of the molecule is O=C(c1nn2c(c1Br)OCC(F)(F)C2)N1CCC1. The zero-order valence-electron chi connectivity index (χ0n) is 9.33. The van der Waals surface area contributed by atoms with E-state index in [1.165, 1.54) is 0 Å². The third kappa shape index (κ3) is 1.79. The number of rotatable bonds is 1. The Morgan fingerprint density at radius 2 is 2.17 bits per heavy atom. The largest absolute Gasteiger partial charge is 0.471 e. The number of hydrogen-bond acceptors (Lipinski definition) is 3. The van der Waals surface area contributed by atoms with Crippen LogP contribution in [0, 0.1) is 0 Å². The van der Waals surface area contributed by atoms with E-state index >= 15 is 0 Å². The Morgan fingerprint density at radius 3 is 2.78 bits per heavy atom. The molecule has 1 amide bonds. The molecule has 0 radical (unpaired) electrons. The summed E-state index contributed by atoms with van der Waals surface area (Å²) in [6.45, 7) is 0.123. The molecule has 1 aromatic rings. The first-order valence-electron chi connectivity index (χ1n) is 5.54. The van der Waals surface area contributed by atoms with Crippen LogP contribution in [0.25, 0.3) is 0 Å². The molecule has 1 aromatic heterocycles. The third-order valence-corrected chi connectivity index (χ3v) is 3.71. The second kappa shape index (κ2) is 3.91. The van der Waals surface area contributed by atoms with Crippen molar-refractivity contribution in [3.63, 3.8) is 0 Å². The molecule has 2 aliphatic rings. The lowest BCUT2D eigenvalue weighted by Crippen LogP contribution is -2.42. The van der Waals surface area contributed by atoms with Gasteiger partial charge in [0.15, 0.2) is 12.3 Å². The molecule has 0 N–H and O–H groups in total. The number of carbonyl (C=O) groups is 1. The number of hydrogen-bond donors (Lipinski definition) is 0. The molecule has 0 bridgehead atoms. The summed E-state index contributed by atoms with van der Waals surface area (Å²) in [7, 11) is 0. The molecule has 18 heavy (non-hydrogen) atoms. The molecule has 0 unspecified atom stereocenters. The normalized spacial score (nSPS) is 20.9. The van der Waals surface area contributed by atoms with Crippen LogP contribution in [0.4, 0.5) is 8.78 Å². The third-order valence-electron chi connectivity index (χ3n) is 3.00. The van der Waals surface area contributed by atoms with Crippen LogP contribution in [0.1, 0.15) is 16.9 Å². The number of carbonyl (C=O) groups excluding carboxylic acids is 1. The lowest BCUT2D eigenvalue weighted by Gasteiger charge is -2.30. The predicted molar refractivity (Wildman–Crippen MR) is 60.9 cm³/mol. The van der Waals surface area contributed by atoms with Gasteiger partial charge in [0.2, 0.25) is 5.88 Å². The van der Waals surface area contributed by atoms with Gasteiger partial charge in [-0.05, 0) is 22.4 Å². The Labute approximate surface area is 110 Å². The van der Waals surface area contributed by atoms with Crippen LogP contribution in [0.2, 0.25) is 0 Å². The molecular weight excluding hydrogens is 312 g/mol. The molecule has 3 heterocycles. The molecule has 1 fully saturated rings. The van der Waals surface area contributed by atoms with E-state index in [0.29, 0.717) is 17.6 Å². The van der Waals surface area contributed by atoms with E-state index in [2.05, 4.69) is 21.0 Å². The van der Waals surface area contributed by atoms with Crippen molar-refractivity contribution in [2.45, 2.75) is 18.9 Å². The van der Waals surface area contributed by atoms with Crippen molar-refractivity contribution >= 4 is 21.8 Å². The number of nitrogens with zero attached hydrogens (tertiary/aromatic N) is 3. The standard InChI is InChI=1S/C10H10BrF2N3O2/c11-6-7(8(17)15-2-1-3-15)14-16-4-10(12,13)5-18-9(6)16/h1-5H2. The molecule has 5 nitrogen and oxygen atoms in total. The topological polar surface area (TPSA) is 47.4 Å². The van der Waals surface area contributed by atoms with Gasteiger partial charge in [-0.25, -0.2) is 13.5 Å². The summed E-state index contributed by atoms with van der Waals surface area (Å²) in [6.07, 6.45) is 0.964. The number of likely N-dealkylation sites (tertiary alicyclic amines) is 1. The van der Waals surface area contributed by atoms with Crippen LogP contribution in [0.15, 0.2) is 4.47 Å². The molecule has 8 heteroatoms. The van der Waals surface area contributed by atoms with E-state index in [0.717, 1.165) is 11.1 Å². The predicted octanol–water partition coefficient (Wildman–Crippen LogP) is 1.52. The van der Waals surface area contributed by atoms with Crippen LogP contribution in [-0.2, 0) is 6.54 Å². The summed E-state index contributed by atoms with van der Waals surface area (Å²) in [5.41, 5.74) is 0.141. The van der Waals surface area contributed by atoms with Gasteiger partial charge in [0, 0.05) is 13.1 Å². The van der Waals surface area contributed by atoms with Crippen LogP contribution < -0.4 is 4.74 Å². The molecular formula is C10H10BrF2N3O2. The quantitative estimate of drug-likeness (QED) is 0.788. The fourth-order valence-electron chi connectivity index (χ4n) is 1.91. The number of ether oxygens (including phenoxy) is 1. The van der Waals surface area contributed by atoms with Crippen molar-refractivity contribution in [1.29, 1.82) is 0 Å². The zero-order chi connectivity index (χ0) is 12.9. The first-order valence-corrected chi connectivity index (χ1v) is 6.33. The molecule has 0 aliphatic carbocycles. The Balaban J connectivity index is 1.93. The van der Waals surface area contributed by atoms with Gasteiger partial charge in [-0.1, -0.05) is 0 Å². The summed E-state index contributed by atoms with van der Waals surface area (Å²) in [6, 6.07) is 0. The number of fused-ring (bicyclic) bond motifs is 1. The Hall–Kier alpha value is -1.18. The summed E-state index contributed by atoms with van der Waals surface area (Å²) < 4.78 is 32.7. The fourth-order valence-corrected chi connectivity index (χ4v) is 2.48. The van der Waals surface area contributed by atoms with E-state index < -0.39 is 19.1 Å². The molecule has 0 spiro atoms. The van der Waals surface area contributed by atoms with Gasteiger partial charge in [0.25, 0.3) is 5.91 Å². The average Bonchev–Trinajstić information content (AvgIpc) is 2.51. The van der Waals surface area contributed by atoms with E-state index in [4.69, 9.17) is 4.74 Å². The first kappa shape index (κ1) is 11.9. The minimum Gasteiger partial charge on any atom is -0.471 e. The second-order valence-corrected chi connectivity index (χ2v) is 5.21. The molecule has 2 aliphatic heterocycles. The minimum absolute atomic E-state index is 0.141. The number of aromatic nitrogens is 2. The van der Waals surface area contributed by atoms with Gasteiger partial charge in [0.1, 0.15) is 11.0 Å². The lowest BCUT2D eigenvalue weighted by molar-refractivity contribution is -0.0798. The first-order chi connectivity index (χ1) is 8.48. The highest BCUT2D eigenvalue weighted by atomic mass is 79.9. The summed E-state index contributed by atoms with van der Waals surface area (Å²) in [4.78, 5) is 13.6. The van der Waals surface area contributed by atoms with Crippen LogP contribution in [0.5, 0.6) is 5.88 Å². The van der Waals surface area contributed by atoms with Gasteiger partial charge < -0.3 is 9.64 Å². The maximum absolute atomic E-state index is 13.2. The second-order valence-electron chi connectivity index (χ2n) is 4.42. The molecule has 98 valence electrons.